The number of aryl methyl sites for hydroxylation is 1. The molecule has 1 spiro atoms. The van der Waals surface area contributed by atoms with Gasteiger partial charge in [0.05, 0.1) is 5.69 Å². The highest BCUT2D eigenvalue weighted by Gasteiger charge is 2.47. The van der Waals surface area contributed by atoms with Gasteiger partial charge in [-0.2, -0.15) is 0 Å². The molecule has 1 aromatic rings. The molecule has 0 radical (unpaired) electrons. The minimum absolute atomic E-state index is 0.111. The molecule has 112 valence electrons. The molecular weight excluding hydrogens is 271 g/mol. The van der Waals surface area contributed by atoms with Crippen molar-refractivity contribution < 1.29 is 14.0 Å². The van der Waals surface area contributed by atoms with Gasteiger partial charge in [-0.05, 0) is 37.5 Å². The predicted octanol–water partition coefficient (Wildman–Crippen LogP) is 2.30. The van der Waals surface area contributed by atoms with E-state index in [2.05, 4.69) is 5.32 Å². The number of nitrogens with one attached hydrogen (secondary N) is 1. The molecule has 1 N–H and O–H groups in total. The zero-order valence-corrected chi connectivity index (χ0v) is 12.1. The van der Waals surface area contributed by atoms with Crippen molar-refractivity contribution in [3.63, 3.8) is 0 Å². The topological polar surface area (TPSA) is 49.4 Å². The van der Waals surface area contributed by atoms with E-state index in [1.54, 1.807) is 19.1 Å². The molecule has 1 saturated heterocycles. The largest absolute Gasteiger partial charge is 0.340 e. The van der Waals surface area contributed by atoms with Crippen LogP contribution in [0.4, 0.5) is 10.1 Å². The van der Waals surface area contributed by atoms with Gasteiger partial charge >= 0.3 is 0 Å². The standard InChI is InChI=1S/C16H19FN2O2/c1-11-5-6-13(12(17)9-11)19-10-14(20)18-16(15(19)21)7-3-2-4-8-16/h5-6,9H,2-4,7-8,10H2,1H3,(H,18,20). The summed E-state index contributed by atoms with van der Waals surface area (Å²) in [7, 11) is 0. The van der Waals surface area contributed by atoms with Gasteiger partial charge in [0.2, 0.25) is 5.91 Å². The Kier molecular flexibility index (Phi) is 3.43. The van der Waals surface area contributed by atoms with Gasteiger partial charge in [0.25, 0.3) is 5.91 Å². The lowest BCUT2D eigenvalue weighted by Crippen LogP contribution is -2.67. The molecule has 1 aromatic carbocycles. The molecule has 0 atom stereocenters. The quantitative estimate of drug-likeness (QED) is 0.863. The SMILES string of the molecule is Cc1ccc(N2CC(=O)NC3(CCCCC3)C2=O)c(F)c1. The highest BCUT2D eigenvalue weighted by atomic mass is 19.1. The zero-order valence-electron chi connectivity index (χ0n) is 12.1. The van der Waals surface area contributed by atoms with E-state index in [1.807, 2.05) is 0 Å². The van der Waals surface area contributed by atoms with Gasteiger partial charge < -0.3 is 5.32 Å². The lowest BCUT2D eigenvalue weighted by Gasteiger charge is -2.44. The van der Waals surface area contributed by atoms with Crippen molar-refractivity contribution >= 4 is 17.5 Å². The summed E-state index contributed by atoms with van der Waals surface area (Å²) in [5.74, 6) is -0.843. The maximum Gasteiger partial charge on any atom is 0.253 e. The fraction of sp³-hybridized carbons (Fsp3) is 0.500. The molecule has 2 fully saturated rings. The van der Waals surface area contributed by atoms with Crippen LogP contribution in [0.5, 0.6) is 0 Å². The molecule has 0 bridgehead atoms. The number of carbonyl (C=O) groups excluding carboxylic acids is 2. The molecule has 4 nitrogen and oxygen atoms in total. The number of benzene rings is 1. The average Bonchev–Trinajstić information content (AvgIpc) is 2.44. The third-order valence-corrected chi connectivity index (χ3v) is 4.44. The summed E-state index contributed by atoms with van der Waals surface area (Å²) in [5.41, 5.74) is 0.160. The van der Waals surface area contributed by atoms with Crippen LogP contribution in [0.1, 0.15) is 37.7 Å². The second kappa shape index (κ2) is 5.13. The molecule has 21 heavy (non-hydrogen) atoms. The Labute approximate surface area is 123 Å². The van der Waals surface area contributed by atoms with Gasteiger partial charge in [0.1, 0.15) is 17.9 Å². The molecule has 1 aliphatic carbocycles. The second-order valence-corrected chi connectivity index (χ2v) is 6.04. The van der Waals surface area contributed by atoms with Crippen molar-refractivity contribution in [2.24, 2.45) is 0 Å². The van der Waals surface area contributed by atoms with Gasteiger partial charge in [-0.3, -0.25) is 14.5 Å². The van der Waals surface area contributed by atoms with Gasteiger partial charge in [-0.1, -0.05) is 25.3 Å². The summed E-state index contributed by atoms with van der Waals surface area (Å²) in [6.45, 7) is 1.68. The smallest absolute Gasteiger partial charge is 0.253 e. The summed E-state index contributed by atoms with van der Waals surface area (Å²) in [6, 6.07) is 4.73. The van der Waals surface area contributed by atoms with E-state index in [9.17, 15) is 14.0 Å². The summed E-state index contributed by atoms with van der Waals surface area (Å²) >= 11 is 0. The van der Waals surface area contributed by atoms with Crippen molar-refractivity contribution in [2.75, 3.05) is 11.4 Å². The summed E-state index contributed by atoms with van der Waals surface area (Å²) in [5, 5.41) is 2.86. The number of halogens is 1. The maximum atomic E-state index is 14.2. The van der Waals surface area contributed by atoms with Crippen molar-refractivity contribution in [2.45, 2.75) is 44.6 Å². The number of amides is 2. The minimum Gasteiger partial charge on any atom is -0.340 e. The van der Waals surface area contributed by atoms with Gasteiger partial charge in [-0.15, -0.1) is 0 Å². The predicted molar refractivity (Wildman–Crippen MR) is 77.4 cm³/mol. The zero-order chi connectivity index (χ0) is 15.0. The Balaban J connectivity index is 1.97. The first-order chi connectivity index (χ1) is 10.0. The van der Waals surface area contributed by atoms with E-state index >= 15 is 0 Å². The Morgan fingerprint density at radius 1 is 1.19 bits per heavy atom. The lowest BCUT2D eigenvalue weighted by atomic mass is 9.79. The fourth-order valence-corrected chi connectivity index (χ4v) is 3.35. The number of carbonyl (C=O) groups is 2. The third-order valence-electron chi connectivity index (χ3n) is 4.44. The van der Waals surface area contributed by atoms with Crippen LogP contribution in [-0.2, 0) is 9.59 Å². The maximum absolute atomic E-state index is 14.2. The molecule has 2 amide bonds. The van der Waals surface area contributed by atoms with Gasteiger partial charge in [0.15, 0.2) is 0 Å². The lowest BCUT2D eigenvalue weighted by molar-refractivity contribution is -0.137. The monoisotopic (exact) mass is 290 g/mol. The van der Waals surface area contributed by atoms with E-state index in [1.165, 1.54) is 11.0 Å². The van der Waals surface area contributed by atoms with Crippen molar-refractivity contribution in [1.82, 2.24) is 5.32 Å². The highest BCUT2D eigenvalue weighted by Crippen LogP contribution is 2.34. The summed E-state index contributed by atoms with van der Waals surface area (Å²) in [4.78, 5) is 26.2. The summed E-state index contributed by atoms with van der Waals surface area (Å²) < 4.78 is 14.2. The Hall–Kier alpha value is -1.91. The minimum atomic E-state index is -0.828. The highest BCUT2D eigenvalue weighted by molar-refractivity contribution is 6.09. The molecule has 0 unspecified atom stereocenters. The van der Waals surface area contributed by atoms with Crippen LogP contribution in [0.3, 0.4) is 0 Å². The molecular formula is C16H19FN2O2. The van der Waals surface area contributed by atoms with Crippen LogP contribution in [0.15, 0.2) is 18.2 Å². The van der Waals surface area contributed by atoms with Crippen molar-refractivity contribution in [3.8, 4) is 0 Å². The Bertz CT molecular complexity index is 594. The third kappa shape index (κ3) is 2.41. The molecule has 3 rings (SSSR count). The van der Waals surface area contributed by atoms with Crippen molar-refractivity contribution in [1.29, 1.82) is 0 Å². The van der Waals surface area contributed by atoms with E-state index in [0.717, 1.165) is 24.8 Å². The van der Waals surface area contributed by atoms with E-state index in [0.29, 0.717) is 12.8 Å². The van der Waals surface area contributed by atoms with Crippen LogP contribution in [0.25, 0.3) is 0 Å². The molecule has 1 heterocycles. The van der Waals surface area contributed by atoms with Crippen LogP contribution < -0.4 is 10.2 Å². The molecule has 0 aromatic heterocycles. The van der Waals surface area contributed by atoms with E-state index < -0.39 is 11.4 Å². The van der Waals surface area contributed by atoms with E-state index in [-0.39, 0.29) is 24.0 Å². The van der Waals surface area contributed by atoms with Crippen molar-refractivity contribution in [3.05, 3.63) is 29.6 Å². The number of anilines is 1. The normalized spacial score (nSPS) is 21.5. The second-order valence-electron chi connectivity index (χ2n) is 6.04. The molecule has 1 saturated carbocycles. The fourth-order valence-electron chi connectivity index (χ4n) is 3.35. The first-order valence-corrected chi connectivity index (χ1v) is 7.41. The Morgan fingerprint density at radius 3 is 2.57 bits per heavy atom. The van der Waals surface area contributed by atoms with Gasteiger partial charge in [-0.25, -0.2) is 4.39 Å². The van der Waals surface area contributed by atoms with Crippen LogP contribution in [0, 0.1) is 12.7 Å². The van der Waals surface area contributed by atoms with Crippen LogP contribution >= 0.6 is 0 Å². The average molecular weight is 290 g/mol. The molecule has 2 aliphatic rings. The van der Waals surface area contributed by atoms with E-state index in [4.69, 9.17) is 0 Å². The number of rotatable bonds is 1. The van der Waals surface area contributed by atoms with Gasteiger partial charge in [0, 0.05) is 0 Å². The number of nitrogens with zero attached hydrogens (tertiary/aromatic N) is 1. The number of hydrogen-bond donors (Lipinski definition) is 1. The number of hydrogen-bond acceptors (Lipinski definition) is 2. The summed E-state index contributed by atoms with van der Waals surface area (Å²) in [6.07, 6.45) is 4.18. The first kappa shape index (κ1) is 14.0. The molecule has 5 heteroatoms. The Morgan fingerprint density at radius 2 is 1.90 bits per heavy atom. The first-order valence-electron chi connectivity index (χ1n) is 7.41. The molecule has 1 aliphatic heterocycles. The number of piperazine rings is 1. The van der Waals surface area contributed by atoms with Crippen LogP contribution in [0.2, 0.25) is 0 Å². The van der Waals surface area contributed by atoms with Crippen LogP contribution in [-0.4, -0.2) is 23.9 Å².